The zero-order chi connectivity index (χ0) is 13.8. The fraction of sp³-hybridized carbons (Fsp3) is 0.500. The van der Waals surface area contributed by atoms with Crippen LogP contribution in [0.4, 0.5) is 0 Å². The first-order valence-corrected chi connectivity index (χ1v) is 8.16. The third kappa shape index (κ3) is 3.65. The fourth-order valence-corrected chi connectivity index (χ4v) is 3.16. The van der Waals surface area contributed by atoms with Crippen molar-refractivity contribution in [3.05, 3.63) is 34.9 Å². The number of hydrogen-bond acceptors (Lipinski definition) is 3. The molecule has 1 saturated heterocycles. The molecule has 1 aliphatic heterocycles. The van der Waals surface area contributed by atoms with Crippen LogP contribution in [0.3, 0.4) is 0 Å². The van der Waals surface area contributed by atoms with Gasteiger partial charge >= 0.3 is 0 Å². The standard InChI is InChI=1S/C14H19ClN2OS/c1-10(9-19-2)8-17-13(18)7-16-14(17)11-3-5-12(15)6-4-11/h3-6,10,14,16H,7-9H2,1-2H3. The largest absolute Gasteiger partial charge is 0.322 e. The summed E-state index contributed by atoms with van der Waals surface area (Å²) in [6, 6.07) is 7.69. The summed E-state index contributed by atoms with van der Waals surface area (Å²) in [5.74, 6) is 1.73. The summed E-state index contributed by atoms with van der Waals surface area (Å²) in [7, 11) is 0. The van der Waals surface area contributed by atoms with E-state index in [-0.39, 0.29) is 12.1 Å². The molecular formula is C14H19ClN2OS. The smallest absolute Gasteiger partial charge is 0.238 e. The van der Waals surface area contributed by atoms with Gasteiger partial charge < -0.3 is 4.90 Å². The Bertz CT molecular complexity index is 438. The minimum absolute atomic E-state index is 0.0194. The van der Waals surface area contributed by atoms with Gasteiger partial charge in [0.25, 0.3) is 0 Å². The van der Waals surface area contributed by atoms with Crippen LogP contribution in [0.5, 0.6) is 0 Å². The van der Waals surface area contributed by atoms with Crippen molar-refractivity contribution in [3.8, 4) is 0 Å². The molecule has 1 heterocycles. The number of carbonyl (C=O) groups excluding carboxylic acids is 1. The highest BCUT2D eigenvalue weighted by Gasteiger charge is 2.32. The molecule has 2 unspecified atom stereocenters. The van der Waals surface area contributed by atoms with Crippen LogP contribution in [0.15, 0.2) is 24.3 Å². The maximum atomic E-state index is 12.0. The van der Waals surface area contributed by atoms with E-state index in [4.69, 9.17) is 11.6 Å². The minimum Gasteiger partial charge on any atom is -0.322 e. The van der Waals surface area contributed by atoms with E-state index in [2.05, 4.69) is 18.5 Å². The number of benzene rings is 1. The Kier molecular flexibility index (Phi) is 5.13. The summed E-state index contributed by atoms with van der Waals surface area (Å²) >= 11 is 7.72. The summed E-state index contributed by atoms with van der Waals surface area (Å²) < 4.78 is 0. The maximum Gasteiger partial charge on any atom is 0.238 e. The first-order chi connectivity index (χ1) is 9.11. The lowest BCUT2D eigenvalue weighted by Crippen LogP contribution is -2.34. The Hall–Kier alpha value is -0.710. The molecule has 2 atom stereocenters. The summed E-state index contributed by atoms with van der Waals surface area (Å²) in [4.78, 5) is 13.9. The molecule has 0 spiro atoms. The number of amides is 1. The van der Waals surface area contributed by atoms with E-state index < -0.39 is 0 Å². The molecular weight excluding hydrogens is 280 g/mol. The van der Waals surface area contributed by atoms with Crippen molar-refractivity contribution >= 4 is 29.3 Å². The molecule has 19 heavy (non-hydrogen) atoms. The van der Waals surface area contributed by atoms with Crippen molar-refractivity contribution in [2.75, 3.05) is 25.1 Å². The Morgan fingerprint density at radius 2 is 2.16 bits per heavy atom. The summed E-state index contributed by atoms with van der Waals surface area (Å²) in [5.41, 5.74) is 1.09. The Morgan fingerprint density at radius 1 is 1.47 bits per heavy atom. The normalized spacial score (nSPS) is 20.9. The van der Waals surface area contributed by atoms with E-state index in [1.54, 1.807) is 0 Å². The molecule has 1 aromatic carbocycles. The zero-order valence-corrected chi connectivity index (χ0v) is 12.8. The van der Waals surface area contributed by atoms with Gasteiger partial charge in [0, 0.05) is 11.6 Å². The van der Waals surface area contributed by atoms with Gasteiger partial charge in [-0.15, -0.1) is 0 Å². The topological polar surface area (TPSA) is 32.3 Å². The van der Waals surface area contributed by atoms with Gasteiger partial charge in [-0.05, 0) is 35.6 Å². The van der Waals surface area contributed by atoms with E-state index >= 15 is 0 Å². The second kappa shape index (κ2) is 6.64. The van der Waals surface area contributed by atoms with E-state index in [9.17, 15) is 4.79 Å². The molecule has 3 nitrogen and oxygen atoms in total. The number of nitrogens with zero attached hydrogens (tertiary/aromatic N) is 1. The molecule has 1 aromatic rings. The number of nitrogens with one attached hydrogen (secondary N) is 1. The van der Waals surface area contributed by atoms with Crippen molar-refractivity contribution in [2.24, 2.45) is 5.92 Å². The molecule has 1 N–H and O–H groups in total. The minimum atomic E-state index is -0.0194. The SMILES string of the molecule is CSCC(C)CN1C(=O)CNC1c1ccc(Cl)cc1. The predicted molar refractivity (Wildman–Crippen MR) is 81.5 cm³/mol. The van der Waals surface area contributed by atoms with Crippen LogP contribution in [0.1, 0.15) is 18.7 Å². The van der Waals surface area contributed by atoms with Gasteiger partial charge in [0.2, 0.25) is 5.91 Å². The van der Waals surface area contributed by atoms with E-state index in [0.717, 1.165) is 22.9 Å². The second-order valence-electron chi connectivity index (χ2n) is 4.94. The van der Waals surface area contributed by atoms with E-state index in [1.165, 1.54) is 0 Å². The Morgan fingerprint density at radius 3 is 2.79 bits per heavy atom. The van der Waals surface area contributed by atoms with Crippen LogP contribution >= 0.6 is 23.4 Å². The lowest BCUT2D eigenvalue weighted by atomic mass is 10.1. The molecule has 1 amide bonds. The summed E-state index contributed by atoms with van der Waals surface area (Å²) in [6.45, 7) is 3.39. The molecule has 0 aromatic heterocycles. The van der Waals surface area contributed by atoms with Crippen LogP contribution in [0.25, 0.3) is 0 Å². The lowest BCUT2D eigenvalue weighted by Gasteiger charge is -2.27. The average molecular weight is 299 g/mol. The van der Waals surface area contributed by atoms with Crippen molar-refractivity contribution < 1.29 is 4.79 Å². The van der Waals surface area contributed by atoms with Crippen LogP contribution < -0.4 is 5.32 Å². The van der Waals surface area contributed by atoms with Gasteiger partial charge in [-0.1, -0.05) is 30.7 Å². The number of rotatable bonds is 5. The number of hydrogen-bond donors (Lipinski definition) is 1. The highest BCUT2D eigenvalue weighted by atomic mass is 35.5. The van der Waals surface area contributed by atoms with Crippen molar-refractivity contribution in [3.63, 3.8) is 0 Å². The highest BCUT2D eigenvalue weighted by molar-refractivity contribution is 7.98. The van der Waals surface area contributed by atoms with Crippen molar-refractivity contribution in [1.82, 2.24) is 10.2 Å². The predicted octanol–water partition coefficient (Wildman–Crippen LogP) is 2.77. The van der Waals surface area contributed by atoms with Gasteiger partial charge in [0.1, 0.15) is 6.17 Å². The van der Waals surface area contributed by atoms with E-state index in [0.29, 0.717) is 12.5 Å². The first kappa shape index (κ1) is 14.7. The third-order valence-electron chi connectivity index (χ3n) is 3.22. The molecule has 1 aliphatic rings. The average Bonchev–Trinajstić information content (AvgIpc) is 2.73. The van der Waals surface area contributed by atoms with Crippen molar-refractivity contribution in [2.45, 2.75) is 13.1 Å². The fourth-order valence-electron chi connectivity index (χ4n) is 2.36. The van der Waals surface area contributed by atoms with Gasteiger partial charge in [-0.25, -0.2) is 0 Å². The molecule has 5 heteroatoms. The summed E-state index contributed by atoms with van der Waals surface area (Å²) in [6.07, 6.45) is 2.08. The van der Waals surface area contributed by atoms with Crippen LogP contribution in [0, 0.1) is 5.92 Å². The molecule has 104 valence electrons. The zero-order valence-electron chi connectivity index (χ0n) is 11.2. The lowest BCUT2D eigenvalue weighted by molar-refractivity contribution is -0.128. The van der Waals surface area contributed by atoms with Gasteiger partial charge in [0.05, 0.1) is 6.54 Å². The Balaban J connectivity index is 2.10. The third-order valence-corrected chi connectivity index (χ3v) is 4.38. The van der Waals surface area contributed by atoms with Crippen LogP contribution in [-0.2, 0) is 4.79 Å². The first-order valence-electron chi connectivity index (χ1n) is 6.39. The molecule has 1 fully saturated rings. The van der Waals surface area contributed by atoms with Gasteiger partial charge in [-0.2, -0.15) is 11.8 Å². The number of carbonyl (C=O) groups is 1. The molecule has 0 bridgehead atoms. The monoisotopic (exact) mass is 298 g/mol. The number of thioether (sulfide) groups is 1. The summed E-state index contributed by atoms with van der Waals surface area (Å²) in [5, 5.41) is 3.98. The van der Waals surface area contributed by atoms with Crippen LogP contribution in [0.2, 0.25) is 5.02 Å². The number of halogens is 1. The molecule has 0 aliphatic carbocycles. The quantitative estimate of drug-likeness (QED) is 0.907. The Labute approximate surface area is 123 Å². The second-order valence-corrected chi connectivity index (χ2v) is 6.29. The van der Waals surface area contributed by atoms with Gasteiger partial charge in [0.15, 0.2) is 0 Å². The maximum absolute atomic E-state index is 12.0. The van der Waals surface area contributed by atoms with Crippen LogP contribution in [-0.4, -0.2) is 35.9 Å². The molecule has 2 rings (SSSR count). The van der Waals surface area contributed by atoms with Gasteiger partial charge in [-0.3, -0.25) is 10.1 Å². The highest BCUT2D eigenvalue weighted by Crippen LogP contribution is 2.25. The molecule has 0 saturated carbocycles. The van der Waals surface area contributed by atoms with E-state index in [1.807, 2.05) is 40.9 Å². The molecule has 0 radical (unpaired) electrons. The van der Waals surface area contributed by atoms with Crippen molar-refractivity contribution in [1.29, 1.82) is 0 Å².